The number of imidazole rings is 1. The van der Waals surface area contributed by atoms with Crippen LogP contribution in [-0.2, 0) is 11.3 Å². The molecular formula is C32H39ClN8O3. The maximum Gasteiger partial charge on any atom is 0.410 e. The summed E-state index contributed by atoms with van der Waals surface area (Å²) in [6.07, 6.45) is 11.9. The number of anilines is 2. The lowest BCUT2D eigenvalue weighted by Crippen LogP contribution is -2.41. The molecule has 2 aliphatic carbocycles. The summed E-state index contributed by atoms with van der Waals surface area (Å²) in [5, 5.41) is 24.1. The van der Waals surface area contributed by atoms with E-state index in [1.165, 1.54) is 6.42 Å². The molecule has 1 aliphatic heterocycles. The topological polar surface area (TPSA) is 141 Å². The molecule has 1 amide bonds. The van der Waals surface area contributed by atoms with Gasteiger partial charge in [-0.25, -0.2) is 14.8 Å². The molecule has 3 heterocycles. The van der Waals surface area contributed by atoms with Crippen LogP contribution in [-0.4, -0.2) is 62.4 Å². The normalized spacial score (nSPS) is 23.0. The van der Waals surface area contributed by atoms with Crippen molar-refractivity contribution in [3.63, 3.8) is 0 Å². The van der Waals surface area contributed by atoms with Crippen molar-refractivity contribution in [2.45, 2.75) is 70.5 Å². The van der Waals surface area contributed by atoms with Crippen molar-refractivity contribution >= 4 is 46.5 Å². The van der Waals surface area contributed by atoms with Gasteiger partial charge in [0.05, 0.1) is 19.3 Å². The number of terminal acetylenes is 1. The minimum absolute atomic E-state index is 0.0230. The number of amides is 1. The third kappa shape index (κ3) is 6.33. The van der Waals surface area contributed by atoms with Gasteiger partial charge < -0.3 is 24.6 Å². The zero-order valence-corrected chi connectivity index (χ0v) is 25.7. The second-order valence-electron chi connectivity index (χ2n) is 12.2. The quantitative estimate of drug-likeness (QED) is 0.143. The summed E-state index contributed by atoms with van der Waals surface area (Å²) < 4.78 is 8.19. The Morgan fingerprint density at radius 2 is 1.93 bits per heavy atom. The van der Waals surface area contributed by atoms with Crippen LogP contribution in [0.2, 0.25) is 5.02 Å². The molecule has 3 aromatic rings. The number of rotatable bonds is 8. The van der Waals surface area contributed by atoms with E-state index in [0.29, 0.717) is 60.5 Å². The number of ether oxygens (including phenoxy) is 1. The van der Waals surface area contributed by atoms with E-state index in [0.717, 1.165) is 55.6 Å². The minimum atomic E-state index is -1.34. The fourth-order valence-corrected chi connectivity index (χ4v) is 6.77. The van der Waals surface area contributed by atoms with Crippen LogP contribution in [0.1, 0.15) is 69.3 Å². The van der Waals surface area contributed by atoms with E-state index >= 15 is 0 Å². The van der Waals surface area contributed by atoms with E-state index in [1.54, 1.807) is 0 Å². The summed E-state index contributed by atoms with van der Waals surface area (Å²) in [6, 6.07) is 7.86. The third-order valence-corrected chi connectivity index (χ3v) is 9.68. The fraction of sp³-hybridized carbons (Fsp3) is 0.531. The Bertz CT molecular complexity index is 1560. The van der Waals surface area contributed by atoms with Crippen LogP contribution >= 0.6 is 11.6 Å². The smallest absolute Gasteiger partial charge is 0.410 e. The van der Waals surface area contributed by atoms with Crippen LogP contribution in [0.5, 0.6) is 0 Å². The Hall–Kier alpha value is -3.88. The Morgan fingerprint density at radius 1 is 1.18 bits per heavy atom. The lowest BCUT2D eigenvalue weighted by Gasteiger charge is -2.37. The molecule has 12 heteroatoms. The van der Waals surface area contributed by atoms with Crippen LogP contribution in [0, 0.1) is 35.5 Å². The third-order valence-electron chi connectivity index (χ3n) is 9.42. The largest absolute Gasteiger partial charge is 0.465 e. The lowest BCUT2D eigenvalue weighted by molar-refractivity contribution is 0.0927. The number of hydrogen-bond acceptors (Lipinski definition) is 8. The predicted molar refractivity (Wildman–Crippen MR) is 170 cm³/mol. The average Bonchev–Trinajstić information content (AvgIpc) is 3.35. The molecule has 1 saturated heterocycles. The first-order chi connectivity index (χ1) is 21.3. The highest BCUT2D eigenvalue weighted by Crippen LogP contribution is 2.38. The predicted octanol–water partition coefficient (Wildman–Crippen LogP) is 5.69. The molecular weight excluding hydrogens is 580 g/mol. The molecule has 6 rings (SSSR count). The van der Waals surface area contributed by atoms with Gasteiger partial charge in [-0.05, 0) is 75.0 Å². The SMILES string of the molecule is C#C[C@H]1CC[C@H](Cn2c(N3CCOCC3c3ccc(Cl)cc3)nc3nc(C(=N)NC(=O)O)nc(N[C@H](C)C4CCC4)c32)CC1. The molecule has 0 spiro atoms. The first-order valence-corrected chi connectivity index (χ1v) is 15.9. The lowest BCUT2D eigenvalue weighted by atomic mass is 9.80. The van der Waals surface area contributed by atoms with Crippen molar-refractivity contribution in [3.05, 3.63) is 40.7 Å². The number of amidine groups is 1. The van der Waals surface area contributed by atoms with Crippen molar-refractivity contribution in [1.29, 1.82) is 5.41 Å². The molecule has 0 radical (unpaired) electrons. The van der Waals surface area contributed by atoms with E-state index < -0.39 is 11.9 Å². The van der Waals surface area contributed by atoms with E-state index in [1.807, 2.05) is 24.3 Å². The number of benzene rings is 1. The molecule has 44 heavy (non-hydrogen) atoms. The monoisotopic (exact) mass is 618 g/mol. The first kappa shape index (κ1) is 30.2. The molecule has 4 N–H and O–H groups in total. The van der Waals surface area contributed by atoms with Crippen LogP contribution < -0.4 is 15.5 Å². The van der Waals surface area contributed by atoms with E-state index in [4.69, 9.17) is 38.1 Å². The Labute approximate surface area is 262 Å². The summed E-state index contributed by atoms with van der Waals surface area (Å²) in [4.78, 5) is 28.1. The van der Waals surface area contributed by atoms with Gasteiger partial charge in [-0.1, -0.05) is 30.2 Å². The first-order valence-electron chi connectivity index (χ1n) is 15.5. The molecule has 232 valence electrons. The zero-order chi connectivity index (χ0) is 30.8. The molecule has 2 atom stereocenters. The summed E-state index contributed by atoms with van der Waals surface area (Å²) in [5.74, 6) is 5.07. The van der Waals surface area contributed by atoms with Crippen LogP contribution in [0.3, 0.4) is 0 Å². The highest BCUT2D eigenvalue weighted by molar-refractivity contribution is 6.30. The van der Waals surface area contributed by atoms with Gasteiger partial charge in [-0.2, -0.15) is 4.98 Å². The van der Waals surface area contributed by atoms with Crippen molar-refractivity contribution in [2.75, 3.05) is 30.0 Å². The van der Waals surface area contributed by atoms with Gasteiger partial charge in [0, 0.05) is 30.1 Å². The summed E-state index contributed by atoms with van der Waals surface area (Å²) in [6.45, 7) is 4.53. The van der Waals surface area contributed by atoms with Crippen LogP contribution in [0.4, 0.5) is 16.6 Å². The maximum atomic E-state index is 11.4. The Kier molecular flexibility index (Phi) is 8.91. The van der Waals surface area contributed by atoms with Gasteiger partial charge >= 0.3 is 6.09 Å². The van der Waals surface area contributed by atoms with Crippen molar-refractivity contribution < 1.29 is 14.6 Å². The van der Waals surface area contributed by atoms with E-state index in [9.17, 15) is 9.90 Å². The Balaban J connectivity index is 1.48. The summed E-state index contributed by atoms with van der Waals surface area (Å²) in [7, 11) is 0. The molecule has 1 aromatic carbocycles. The summed E-state index contributed by atoms with van der Waals surface area (Å²) >= 11 is 6.22. The highest BCUT2D eigenvalue weighted by Gasteiger charge is 2.33. The number of fused-ring (bicyclic) bond motifs is 1. The molecule has 3 fully saturated rings. The van der Waals surface area contributed by atoms with Crippen molar-refractivity contribution in [3.8, 4) is 12.3 Å². The standard InChI is InChI=1S/C32H39ClN8O3/c1-3-20-7-9-21(10-8-20)17-41-26-28(35-19(2)22-5-4-6-22)37-30(27(34)36-32(42)43)38-29(26)39-31(41)40-15-16-44-18-25(40)23-11-13-24(33)14-12-23/h1,11-14,19-22,25H,4-10,15-18H2,2H3,(H2,34,36)(H,42,43)(H,35,37,38)/t19-,20-,21-,25?/m1/s1. The van der Waals surface area contributed by atoms with Gasteiger partial charge in [0.2, 0.25) is 5.95 Å². The number of morpholine rings is 1. The van der Waals surface area contributed by atoms with Gasteiger partial charge in [-0.3, -0.25) is 10.7 Å². The highest BCUT2D eigenvalue weighted by atomic mass is 35.5. The van der Waals surface area contributed by atoms with E-state index in [2.05, 4.69) is 37.9 Å². The second-order valence-corrected chi connectivity index (χ2v) is 12.7. The maximum absolute atomic E-state index is 11.4. The van der Waals surface area contributed by atoms with Crippen molar-refractivity contribution in [2.24, 2.45) is 17.8 Å². The minimum Gasteiger partial charge on any atom is -0.465 e. The fourth-order valence-electron chi connectivity index (χ4n) is 6.64. The molecule has 3 aliphatic rings. The van der Waals surface area contributed by atoms with Gasteiger partial charge in [0.1, 0.15) is 5.52 Å². The number of halogens is 1. The molecule has 2 aromatic heterocycles. The van der Waals surface area contributed by atoms with Crippen LogP contribution in [0.25, 0.3) is 11.2 Å². The van der Waals surface area contributed by atoms with Gasteiger partial charge in [-0.15, -0.1) is 12.3 Å². The Morgan fingerprint density at radius 3 is 2.59 bits per heavy atom. The van der Waals surface area contributed by atoms with Crippen LogP contribution in [0.15, 0.2) is 24.3 Å². The summed E-state index contributed by atoms with van der Waals surface area (Å²) in [5.41, 5.74) is 2.25. The molecule has 11 nitrogen and oxygen atoms in total. The number of carbonyl (C=O) groups is 1. The molecule has 0 bridgehead atoms. The number of hydrogen-bond donors (Lipinski definition) is 4. The van der Waals surface area contributed by atoms with E-state index in [-0.39, 0.29) is 17.9 Å². The molecule has 2 saturated carbocycles. The molecule has 1 unspecified atom stereocenters. The average molecular weight is 619 g/mol. The number of nitrogens with zero attached hydrogens (tertiary/aromatic N) is 5. The zero-order valence-electron chi connectivity index (χ0n) is 24.9. The van der Waals surface area contributed by atoms with Gasteiger partial charge in [0.15, 0.2) is 23.1 Å². The second kappa shape index (κ2) is 13.0. The van der Waals surface area contributed by atoms with Crippen molar-refractivity contribution in [1.82, 2.24) is 24.8 Å². The number of carboxylic acid groups (broad SMARTS) is 1. The van der Waals surface area contributed by atoms with Gasteiger partial charge in [0.25, 0.3) is 0 Å². The number of nitrogens with one attached hydrogen (secondary N) is 3. The number of aromatic nitrogens is 4.